The summed E-state index contributed by atoms with van der Waals surface area (Å²) in [5.41, 5.74) is 0. The third-order valence-electron chi connectivity index (χ3n) is 0.768. The van der Waals surface area contributed by atoms with E-state index in [9.17, 15) is 0 Å². The highest BCUT2D eigenvalue weighted by Gasteiger charge is 1.92. The molecule has 47 valence electrons. The summed E-state index contributed by atoms with van der Waals surface area (Å²) in [6.07, 6.45) is 0. The number of hydrogen-bond donors (Lipinski definition) is 0. The van der Waals surface area contributed by atoms with Crippen LogP contribution in [0.3, 0.4) is 0 Å². The highest BCUT2D eigenvalue weighted by atomic mass is 79.9. The van der Waals surface area contributed by atoms with Crippen LogP contribution in [0.2, 0.25) is 5.02 Å². The Morgan fingerprint density at radius 2 is 2.00 bits per heavy atom. The molecule has 3 heteroatoms. The molecule has 0 saturated heterocycles. The fourth-order valence-electron chi connectivity index (χ4n) is 0.470. The minimum atomic E-state index is 0.608. The molecule has 9 heavy (non-hydrogen) atoms. The van der Waals surface area contributed by atoms with Gasteiger partial charge in [0.1, 0.15) is 0 Å². The quantitative estimate of drug-likeness (QED) is 0.674. The maximum Gasteiger partial charge on any atom is 0.0507 e. The van der Waals surface area contributed by atoms with Gasteiger partial charge in [0.2, 0.25) is 0 Å². The number of hydrogen-bond acceptors (Lipinski definition) is 0. The standard InChI is InChI=1S/C6H2Br2Cl/c7-4-1-5(8)3-6(9)2-4/h1-2H. The van der Waals surface area contributed by atoms with Crippen molar-refractivity contribution in [2.45, 2.75) is 0 Å². The normalized spacial score (nSPS) is 9.67. The van der Waals surface area contributed by atoms with E-state index in [2.05, 4.69) is 37.9 Å². The summed E-state index contributed by atoms with van der Waals surface area (Å²) in [4.78, 5) is 0. The van der Waals surface area contributed by atoms with Gasteiger partial charge in [-0.05, 0) is 12.1 Å². The van der Waals surface area contributed by atoms with Gasteiger partial charge in [-0.1, -0.05) is 43.5 Å². The van der Waals surface area contributed by atoms with Gasteiger partial charge in [-0.15, -0.1) is 0 Å². The van der Waals surface area contributed by atoms with Gasteiger partial charge in [0, 0.05) is 15.0 Å². The van der Waals surface area contributed by atoms with Crippen LogP contribution in [0.15, 0.2) is 21.1 Å². The Bertz CT molecular complexity index is 172. The highest BCUT2D eigenvalue weighted by Crippen LogP contribution is 2.21. The lowest BCUT2D eigenvalue weighted by Crippen LogP contribution is -1.67. The number of benzene rings is 1. The van der Waals surface area contributed by atoms with Crippen LogP contribution in [0.1, 0.15) is 0 Å². The van der Waals surface area contributed by atoms with Crippen LogP contribution in [0.5, 0.6) is 0 Å². The maximum absolute atomic E-state index is 5.63. The topological polar surface area (TPSA) is 0 Å². The summed E-state index contributed by atoms with van der Waals surface area (Å²) in [6, 6.07) is 6.53. The zero-order valence-corrected chi connectivity index (χ0v) is 8.22. The molecule has 0 unspecified atom stereocenters. The summed E-state index contributed by atoms with van der Waals surface area (Å²) in [5.74, 6) is 0. The molecule has 1 rings (SSSR count). The molecule has 0 N–H and O–H groups in total. The van der Waals surface area contributed by atoms with Crippen molar-refractivity contribution in [3.8, 4) is 0 Å². The summed E-state index contributed by atoms with van der Waals surface area (Å²) < 4.78 is 1.82. The van der Waals surface area contributed by atoms with Gasteiger partial charge in [0.25, 0.3) is 0 Å². The lowest BCUT2D eigenvalue weighted by Gasteiger charge is -1.91. The zero-order chi connectivity index (χ0) is 6.85. The summed E-state index contributed by atoms with van der Waals surface area (Å²) >= 11 is 12.2. The van der Waals surface area contributed by atoms with Crippen molar-refractivity contribution in [2.24, 2.45) is 0 Å². The van der Waals surface area contributed by atoms with E-state index in [1.54, 1.807) is 6.07 Å². The fraction of sp³-hybridized carbons (Fsp3) is 0. The third kappa shape index (κ3) is 2.28. The van der Waals surface area contributed by atoms with Crippen LogP contribution < -0.4 is 0 Å². The summed E-state index contributed by atoms with van der Waals surface area (Å²) in [5, 5.41) is 0.608. The van der Waals surface area contributed by atoms with E-state index in [-0.39, 0.29) is 0 Å². The molecule has 0 aliphatic rings. The Labute approximate surface area is 75.5 Å². The first kappa shape index (κ1) is 7.58. The van der Waals surface area contributed by atoms with Crippen LogP contribution in [0.25, 0.3) is 0 Å². The first-order valence-electron chi connectivity index (χ1n) is 2.22. The molecule has 0 bridgehead atoms. The molecule has 1 aromatic carbocycles. The van der Waals surface area contributed by atoms with Gasteiger partial charge in [0.05, 0.1) is 5.02 Å². The predicted molar refractivity (Wildman–Crippen MR) is 45.7 cm³/mol. The van der Waals surface area contributed by atoms with Gasteiger partial charge >= 0.3 is 0 Å². The Kier molecular flexibility index (Phi) is 2.56. The lowest BCUT2D eigenvalue weighted by molar-refractivity contribution is 1.59. The van der Waals surface area contributed by atoms with Gasteiger partial charge in [0.15, 0.2) is 0 Å². The van der Waals surface area contributed by atoms with Crippen molar-refractivity contribution in [2.75, 3.05) is 0 Å². The van der Waals surface area contributed by atoms with Gasteiger partial charge < -0.3 is 0 Å². The molecule has 0 saturated carbocycles. The molecular formula is C6H2Br2Cl. The molecule has 1 aromatic rings. The summed E-state index contributed by atoms with van der Waals surface area (Å²) in [7, 11) is 0. The largest absolute Gasteiger partial charge is 0.0836 e. The van der Waals surface area contributed by atoms with Crippen molar-refractivity contribution in [3.05, 3.63) is 32.2 Å². The second-order valence-corrected chi connectivity index (χ2v) is 3.67. The number of halogens is 3. The van der Waals surface area contributed by atoms with Crippen molar-refractivity contribution < 1.29 is 0 Å². The van der Waals surface area contributed by atoms with E-state index < -0.39 is 0 Å². The van der Waals surface area contributed by atoms with Crippen LogP contribution >= 0.6 is 43.5 Å². The van der Waals surface area contributed by atoms with Crippen molar-refractivity contribution >= 4 is 43.5 Å². The maximum atomic E-state index is 5.63. The van der Waals surface area contributed by atoms with E-state index in [1.807, 2.05) is 6.07 Å². The minimum absolute atomic E-state index is 0.608. The average Bonchev–Trinajstić information content (AvgIpc) is 1.59. The Morgan fingerprint density at radius 3 is 2.44 bits per heavy atom. The SMILES string of the molecule is Clc1[c]c(Br)cc(Br)c1. The highest BCUT2D eigenvalue weighted by molar-refractivity contribution is 9.11. The molecule has 0 heterocycles. The van der Waals surface area contributed by atoms with Crippen LogP contribution in [-0.2, 0) is 0 Å². The van der Waals surface area contributed by atoms with Crippen LogP contribution in [0, 0.1) is 6.07 Å². The van der Waals surface area contributed by atoms with Crippen molar-refractivity contribution in [3.63, 3.8) is 0 Å². The van der Waals surface area contributed by atoms with Gasteiger partial charge in [-0.2, -0.15) is 0 Å². The molecule has 0 aliphatic heterocycles. The monoisotopic (exact) mass is 267 g/mol. The molecule has 0 nitrogen and oxygen atoms in total. The van der Waals surface area contributed by atoms with E-state index in [1.165, 1.54) is 0 Å². The second kappa shape index (κ2) is 3.04. The molecule has 0 fully saturated rings. The smallest absolute Gasteiger partial charge is 0.0507 e. The first-order valence-corrected chi connectivity index (χ1v) is 4.19. The predicted octanol–water partition coefficient (Wildman–Crippen LogP) is 3.67. The van der Waals surface area contributed by atoms with E-state index in [0.717, 1.165) is 8.95 Å². The van der Waals surface area contributed by atoms with E-state index in [0.29, 0.717) is 5.02 Å². The second-order valence-electron chi connectivity index (χ2n) is 1.49. The van der Waals surface area contributed by atoms with Gasteiger partial charge in [-0.25, -0.2) is 0 Å². The Morgan fingerprint density at radius 1 is 1.33 bits per heavy atom. The molecule has 0 aliphatic carbocycles. The fourth-order valence-corrected chi connectivity index (χ4v) is 2.16. The van der Waals surface area contributed by atoms with Crippen molar-refractivity contribution in [1.29, 1.82) is 0 Å². The van der Waals surface area contributed by atoms with Crippen LogP contribution in [0.4, 0.5) is 0 Å². The number of rotatable bonds is 0. The Balaban J connectivity index is 3.17. The Hall–Kier alpha value is 0.470. The van der Waals surface area contributed by atoms with E-state index >= 15 is 0 Å². The third-order valence-corrected chi connectivity index (χ3v) is 1.86. The van der Waals surface area contributed by atoms with Gasteiger partial charge in [-0.3, -0.25) is 0 Å². The average molecular weight is 269 g/mol. The first-order chi connectivity index (χ1) is 4.18. The molecule has 0 atom stereocenters. The molecule has 0 spiro atoms. The summed E-state index contributed by atoms with van der Waals surface area (Å²) in [6.45, 7) is 0. The van der Waals surface area contributed by atoms with E-state index in [4.69, 9.17) is 11.6 Å². The molecule has 1 radical (unpaired) electrons. The van der Waals surface area contributed by atoms with Crippen molar-refractivity contribution in [1.82, 2.24) is 0 Å². The van der Waals surface area contributed by atoms with Crippen LogP contribution in [-0.4, -0.2) is 0 Å². The minimum Gasteiger partial charge on any atom is -0.0836 e. The molecular weight excluding hydrogens is 267 g/mol. The lowest BCUT2D eigenvalue weighted by atomic mass is 10.4. The molecule has 0 amide bonds. The zero-order valence-electron chi connectivity index (χ0n) is 4.29. The molecule has 0 aromatic heterocycles.